The van der Waals surface area contributed by atoms with E-state index in [1.165, 1.54) is 11.8 Å². The average Bonchev–Trinajstić information content (AvgIpc) is 3.26. The number of pyridine rings is 1. The van der Waals surface area contributed by atoms with Gasteiger partial charge in [-0.05, 0) is 49.6 Å². The third kappa shape index (κ3) is 4.43. The summed E-state index contributed by atoms with van der Waals surface area (Å²) in [5.74, 6) is 0.316. The highest BCUT2D eigenvalue weighted by atomic mass is 32.2. The summed E-state index contributed by atoms with van der Waals surface area (Å²) in [4.78, 5) is 27.3. The molecule has 0 saturated carbocycles. The number of thioether (sulfide) groups is 1. The predicted octanol–water partition coefficient (Wildman–Crippen LogP) is 4.16. The molecule has 0 atom stereocenters. The molecule has 1 aliphatic heterocycles. The standard InChI is InChI=1S/C25H25N5O2S/c1-17-15-22-27-28-25(30(22)21-10-6-5-9-20(17)21)33-16-23(31)29-13-11-18(12-14-29)24(32)26-19-7-3-2-4-8-19/h2-10,15,18H,11-14,16H2,1H3,(H,26,32). The first-order chi connectivity index (χ1) is 16.1. The van der Waals surface area contributed by atoms with Crippen molar-refractivity contribution in [2.45, 2.75) is 24.9 Å². The maximum absolute atomic E-state index is 12.9. The number of aromatic nitrogens is 3. The Morgan fingerprint density at radius 3 is 2.55 bits per heavy atom. The highest BCUT2D eigenvalue weighted by molar-refractivity contribution is 7.99. The van der Waals surface area contributed by atoms with E-state index in [0.29, 0.717) is 36.8 Å². The summed E-state index contributed by atoms with van der Waals surface area (Å²) in [5.41, 5.74) is 3.78. The van der Waals surface area contributed by atoms with Crippen LogP contribution in [-0.2, 0) is 9.59 Å². The van der Waals surface area contributed by atoms with E-state index in [1.807, 2.05) is 57.8 Å². The fourth-order valence-electron chi connectivity index (χ4n) is 4.34. The van der Waals surface area contributed by atoms with Crippen LogP contribution in [0.25, 0.3) is 16.6 Å². The van der Waals surface area contributed by atoms with Crippen LogP contribution in [0.5, 0.6) is 0 Å². The highest BCUT2D eigenvalue weighted by Gasteiger charge is 2.27. The number of amides is 2. The lowest BCUT2D eigenvalue weighted by Gasteiger charge is -2.31. The molecule has 0 spiro atoms. The average molecular weight is 460 g/mol. The Bertz CT molecular complexity index is 1310. The molecule has 1 saturated heterocycles. The van der Waals surface area contributed by atoms with Gasteiger partial charge in [0.15, 0.2) is 10.8 Å². The van der Waals surface area contributed by atoms with Crippen molar-refractivity contribution in [2.75, 3.05) is 24.2 Å². The van der Waals surface area contributed by atoms with Crippen molar-refractivity contribution in [2.24, 2.45) is 5.92 Å². The van der Waals surface area contributed by atoms with Crippen molar-refractivity contribution in [3.8, 4) is 0 Å². The Morgan fingerprint density at radius 1 is 1.03 bits per heavy atom. The third-order valence-corrected chi connectivity index (χ3v) is 7.07. The molecule has 33 heavy (non-hydrogen) atoms. The number of fused-ring (bicyclic) bond motifs is 3. The van der Waals surface area contributed by atoms with E-state index in [9.17, 15) is 9.59 Å². The lowest BCUT2D eigenvalue weighted by atomic mass is 9.96. The molecule has 0 bridgehead atoms. The molecule has 2 amide bonds. The molecular formula is C25H25N5O2S. The minimum absolute atomic E-state index is 0.0276. The molecule has 1 aliphatic rings. The van der Waals surface area contributed by atoms with Crippen LogP contribution in [0.2, 0.25) is 0 Å². The number of anilines is 1. The van der Waals surface area contributed by atoms with Crippen molar-refractivity contribution in [1.82, 2.24) is 19.5 Å². The number of likely N-dealkylation sites (tertiary alicyclic amines) is 1. The zero-order valence-corrected chi connectivity index (χ0v) is 19.2. The van der Waals surface area contributed by atoms with Crippen molar-refractivity contribution in [3.63, 3.8) is 0 Å². The van der Waals surface area contributed by atoms with Gasteiger partial charge >= 0.3 is 0 Å². The maximum Gasteiger partial charge on any atom is 0.233 e. The zero-order valence-electron chi connectivity index (χ0n) is 18.4. The van der Waals surface area contributed by atoms with Crippen LogP contribution < -0.4 is 5.32 Å². The molecule has 2 aromatic carbocycles. The minimum Gasteiger partial charge on any atom is -0.342 e. The number of benzene rings is 2. The topological polar surface area (TPSA) is 79.6 Å². The molecule has 0 radical (unpaired) electrons. The van der Waals surface area contributed by atoms with E-state index >= 15 is 0 Å². The Balaban J connectivity index is 1.20. The Hall–Kier alpha value is -3.39. The van der Waals surface area contributed by atoms with Crippen molar-refractivity contribution >= 4 is 45.8 Å². The van der Waals surface area contributed by atoms with Gasteiger partial charge in [-0.1, -0.05) is 48.2 Å². The summed E-state index contributed by atoms with van der Waals surface area (Å²) < 4.78 is 2.01. The molecule has 4 aromatic rings. The number of carbonyl (C=O) groups excluding carboxylic acids is 2. The van der Waals surface area contributed by atoms with E-state index in [0.717, 1.165) is 27.8 Å². The molecular weight excluding hydrogens is 434 g/mol. The van der Waals surface area contributed by atoms with Crippen LogP contribution in [0.3, 0.4) is 0 Å². The van der Waals surface area contributed by atoms with Gasteiger partial charge in [-0.3, -0.25) is 14.0 Å². The van der Waals surface area contributed by atoms with Crippen LogP contribution in [0.4, 0.5) is 5.69 Å². The van der Waals surface area contributed by atoms with Gasteiger partial charge in [-0.15, -0.1) is 10.2 Å². The summed E-state index contributed by atoms with van der Waals surface area (Å²) in [5, 5.41) is 13.5. The van der Waals surface area contributed by atoms with Gasteiger partial charge in [-0.2, -0.15) is 0 Å². The van der Waals surface area contributed by atoms with Gasteiger partial charge < -0.3 is 10.2 Å². The fourth-order valence-corrected chi connectivity index (χ4v) is 5.20. The lowest BCUT2D eigenvalue weighted by Crippen LogP contribution is -2.42. The molecule has 1 fully saturated rings. The largest absolute Gasteiger partial charge is 0.342 e. The molecule has 168 valence electrons. The second-order valence-electron chi connectivity index (χ2n) is 8.32. The predicted molar refractivity (Wildman–Crippen MR) is 130 cm³/mol. The molecule has 8 heteroatoms. The SMILES string of the molecule is Cc1cc2nnc(SCC(=O)N3CCC(C(=O)Nc4ccccc4)CC3)n2c2ccccc12. The van der Waals surface area contributed by atoms with E-state index < -0.39 is 0 Å². The summed E-state index contributed by atoms with van der Waals surface area (Å²) in [6, 6.07) is 19.7. The van der Waals surface area contributed by atoms with Crippen LogP contribution >= 0.6 is 11.8 Å². The highest BCUT2D eigenvalue weighted by Crippen LogP contribution is 2.26. The van der Waals surface area contributed by atoms with Gasteiger partial charge in [0, 0.05) is 30.1 Å². The second-order valence-corrected chi connectivity index (χ2v) is 9.26. The van der Waals surface area contributed by atoms with Crippen molar-refractivity contribution in [1.29, 1.82) is 0 Å². The Kier molecular flexibility index (Phi) is 6.00. The summed E-state index contributed by atoms with van der Waals surface area (Å²) in [6.07, 6.45) is 1.35. The van der Waals surface area contributed by atoms with E-state index in [2.05, 4.69) is 34.6 Å². The Morgan fingerprint density at radius 2 is 1.76 bits per heavy atom. The fraction of sp³-hybridized carbons (Fsp3) is 0.280. The number of carbonyl (C=O) groups is 2. The maximum atomic E-state index is 12.9. The smallest absolute Gasteiger partial charge is 0.233 e. The number of nitrogens with one attached hydrogen (secondary N) is 1. The van der Waals surface area contributed by atoms with Crippen molar-refractivity contribution in [3.05, 3.63) is 66.2 Å². The zero-order chi connectivity index (χ0) is 22.8. The van der Waals surface area contributed by atoms with Gasteiger partial charge in [-0.25, -0.2) is 0 Å². The number of para-hydroxylation sites is 2. The van der Waals surface area contributed by atoms with Gasteiger partial charge in [0.1, 0.15) is 0 Å². The van der Waals surface area contributed by atoms with E-state index in [1.54, 1.807) is 0 Å². The van der Waals surface area contributed by atoms with Crippen molar-refractivity contribution < 1.29 is 9.59 Å². The molecule has 5 rings (SSSR count). The summed E-state index contributed by atoms with van der Waals surface area (Å²) >= 11 is 1.41. The first-order valence-corrected chi connectivity index (χ1v) is 12.1. The van der Waals surface area contributed by atoms with Gasteiger partial charge in [0.25, 0.3) is 0 Å². The quantitative estimate of drug-likeness (QED) is 0.454. The second kappa shape index (κ2) is 9.23. The van der Waals surface area contributed by atoms with E-state index in [4.69, 9.17) is 0 Å². The van der Waals surface area contributed by atoms with Crippen LogP contribution in [0, 0.1) is 12.8 Å². The number of hydrogen-bond donors (Lipinski definition) is 1. The van der Waals surface area contributed by atoms with Crippen LogP contribution in [-0.4, -0.2) is 50.2 Å². The molecule has 3 heterocycles. The lowest BCUT2D eigenvalue weighted by molar-refractivity contribution is -0.132. The minimum atomic E-state index is -0.0723. The van der Waals surface area contributed by atoms with Gasteiger partial charge in [0.05, 0.1) is 11.3 Å². The molecule has 2 aromatic heterocycles. The molecule has 0 unspecified atom stereocenters. The summed E-state index contributed by atoms with van der Waals surface area (Å²) in [7, 11) is 0. The first-order valence-electron chi connectivity index (χ1n) is 11.1. The van der Waals surface area contributed by atoms with Gasteiger partial charge in [0.2, 0.25) is 11.8 Å². The monoisotopic (exact) mass is 459 g/mol. The molecule has 7 nitrogen and oxygen atoms in total. The number of nitrogens with zero attached hydrogens (tertiary/aromatic N) is 4. The number of rotatable bonds is 5. The Labute approximate surface area is 196 Å². The number of hydrogen-bond acceptors (Lipinski definition) is 5. The third-order valence-electron chi connectivity index (χ3n) is 6.16. The molecule has 0 aliphatic carbocycles. The number of aryl methyl sites for hydroxylation is 1. The van der Waals surface area contributed by atoms with Crippen LogP contribution in [0.15, 0.2) is 65.8 Å². The normalized spacial score (nSPS) is 14.6. The number of piperidine rings is 1. The first kappa shape index (κ1) is 21.5. The summed E-state index contributed by atoms with van der Waals surface area (Å²) in [6.45, 7) is 3.25. The van der Waals surface area contributed by atoms with E-state index in [-0.39, 0.29) is 17.7 Å². The molecule has 1 N–H and O–H groups in total. The van der Waals surface area contributed by atoms with Crippen LogP contribution in [0.1, 0.15) is 18.4 Å².